The van der Waals surface area contributed by atoms with Crippen molar-refractivity contribution in [1.29, 1.82) is 0 Å². The molecule has 0 saturated carbocycles. The van der Waals surface area contributed by atoms with E-state index in [2.05, 4.69) is 4.99 Å². The SMILES string of the molecule is CN1C(=O)/C(=C\c2cccn2-c2ccc([N+](=O)[O-])cc2)SC1=Nc1ccc(C(=O)O)cc1. The number of nitrogens with zero attached hydrogens (tertiary/aromatic N) is 4. The first-order valence-corrected chi connectivity index (χ1v) is 10.2. The first-order chi connectivity index (χ1) is 15.3. The van der Waals surface area contributed by atoms with E-state index in [9.17, 15) is 19.7 Å². The van der Waals surface area contributed by atoms with E-state index in [1.54, 1.807) is 43.6 Å². The fourth-order valence-electron chi connectivity index (χ4n) is 3.06. The van der Waals surface area contributed by atoms with E-state index >= 15 is 0 Å². The van der Waals surface area contributed by atoms with Crippen molar-refractivity contribution in [3.8, 4) is 5.69 Å². The summed E-state index contributed by atoms with van der Waals surface area (Å²) in [4.78, 5) is 40.5. The Morgan fingerprint density at radius 1 is 1.12 bits per heavy atom. The standard InChI is InChI=1S/C22H16N4O5S/c1-24-20(27)19(32-22(24)23-15-6-4-14(5-7-15)21(28)29)13-18-3-2-12-25(18)16-8-10-17(11-9-16)26(30)31/h2-13H,1H3,(H,28,29)/b19-13+,23-22?. The molecule has 32 heavy (non-hydrogen) atoms. The van der Waals surface area contributed by atoms with Crippen LogP contribution in [0, 0.1) is 10.1 Å². The quantitative estimate of drug-likeness (QED) is 0.353. The number of carboxylic acids is 1. The molecule has 0 atom stereocenters. The summed E-state index contributed by atoms with van der Waals surface area (Å²) < 4.78 is 1.82. The molecule has 0 spiro atoms. The van der Waals surface area contributed by atoms with Gasteiger partial charge in [-0.2, -0.15) is 0 Å². The Labute approximate surface area is 186 Å². The van der Waals surface area contributed by atoms with Crippen molar-refractivity contribution in [2.45, 2.75) is 0 Å². The summed E-state index contributed by atoms with van der Waals surface area (Å²) in [6.45, 7) is 0. The molecule has 2 aromatic carbocycles. The number of benzene rings is 2. The Kier molecular flexibility index (Phi) is 5.61. The number of nitro benzene ring substituents is 1. The molecule has 3 aromatic rings. The number of amidine groups is 1. The van der Waals surface area contributed by atoms with Gasteiger partial charge in [-0.15, -0.1) is 0 Å². The van der Waals surface area contributed by atoms with Crippen LogP contribution in [0.5, 0.6) is 0 Å². The van der Waals surface area contributed by atoms with E-state index in [-0.39, 0.29) is 17.2 Å². The van der Waals surface area contributed by atoms with Gasteiger partial charge in [-0.1, -0.05) is 0 Å². The van der Waals surface area contributed by atoms with Crippen LogP contribution in [0.4, 0.5) is 11.4 Å². The van der Waals surface area contributed by atoms with E-state index in [4.69, 9.17) is 5.11 Å². The lowest BCUT2D eigenvalue weighted by molar-refractivity contribution is -0.384. The van der Waals surface area contributed by atoms with E-state index in [0.29, 0.717) is 15.8 Å². The largest absolute Gasteiger partial charge is 0.478 e. The highest BCUT2D eigenvalue weighted by Gasteiger charge is 2.30. The number of non-ortho nitro benzene ring substituents is 1. The number of rotatable bonds is 5. The number of aromatic carboxylic acids is 1. The van der Waals surface area contributed by atoms with Crippen LogP contribution >= 0.6 is 11.8 Å². The van der Waals surface area contributed by atoms with Gasteiger partial charge in [-0.3, -0.25) is 19.8 Å². The summed E-state index contributed by atoms with van der Waals surface area (Å²) in [5.74, 6) is -1.24. The Balaban J connectivity index is 1.60. The summed E-state index contributed by atoms with van der Waals surface area (Å²) >= 11 is 1.21. The van der Waals surface area contributed by atoms with Gasteiger partial charge < -0.3 is 9.67 Å². The number of aliphatic imine (C=N–C) groups is 1. The smallest absolute Gasteiger partial charge is 0.335 e. The average Bonchev–Trinajstić information content (AvgIpc) is 3.35. The number of carbonyl (C=O) groups excluding carboxylic acids is 1. The van der Waals surface area contributed by atoms with Gasteiger partial charge >= 0.3 is 5.97 Å². The van der Waals surface area contributed by atoms with Crippen molar-refractivity contribution < 1.29 is 19.6 Å². The fraction of sp³-hybridized carbons (Fsp3) is 0.0455. The molecular weight excluding hydrogens is 432 g/mol. The Morgan fingerprint density at radius 3 is 2.44 bits per heavy atom. The highest BCUT2D eigenvalue weighted by atomic mass is 32.2. The number of likely N-dealkylation sites (N-methyl/N-ethyl adjacent to an activating group) is 1. The number of hydrogen-bond acceptors (Lipinski definition) is 6. The van der Waals surface area contributed by atoms with Crippen LogP contribution in [0.1, 0.15) is 16.1 Å². The summed E-state index contributed by atoms with van der Waals surface area (Å²) in [6.07, 6.45) is 3.54. The van der Waals surface area contributed by atoms with Crippen molar-refractivity contribution in [1.82, 2.24) is 9.47 Å². The van der Waals surface area contributed by atoms with Crippen LogP contribution in [-0.2, 0) is 4.79 Å². The number of thioether (sulfide) groups is 1. The number of carbonyl (C=O) groups is 2. The van der Waals surface area contributed by atoms with E-state index in [1.807, 2.05) is 16.7 Å². The van der Waals surface area contributed by atoms with Gasteiger partial charge in [0.2, 0.25) is 0 Å². The van der Waals surface area contributed by atoms with Crippen LogP contribution in [0.25, 0.3) is 11.8 Å². The molecule has 0 aliphatic carbocycles. The molecule has 1 aliphatic rings. The predicted molar refractivity (Wildman–Crippen MR) is 121 cm³/mol. The molecule has 1 aliphatic heterocycles. The lowest BCUT2D eigenvalue weighted by Crippen LogP contribution is -2.23. The maximum Gasteiger partial charge on any atom is 0.335 e. The van der Waals surface area contributed by atoms with Crippen LogP contribution in [0.15, 0.2) is 76.8 Å². The molecule has 0 unspecified atom stereocenters. The zero-order valence-corrected chi connectivity index (χ0v) is 17.5. The molecule has 4 rings (SSSR count). The number of nitro groups is 1. The second-order valence-corrected chi connectivity index (χ2v) is 7.81. The Hall–Kier alpha value is -4.18. The topological polar surface area (TPSA) is 118 Å². The summed E-state index contributed by atoms with van der Waals surface area (Å²) in [6, 6.07) is 15.9. The second kappa shape index (κ2) is 8.52. The minimum Gasteiger partial charge on any atom is -0.478 e. The zero-order valence-electron chi connectivity index (χ0n) is 16.7. The normalized spacial score (nSPS) is 16.2. The van der Waals surface area contributed by atoms with Crippen molar-refractivity contribution in [2.24, 2.45) is 4.99 Å². The van der Waals surface area contributed by atoms with Gasteiger partial charge in [-0.25, -0.2) is 9.79 Å². The summed E-state index contributed by atoms with van der Waals surface area (Å²) in [5, 5.41) is 20.4. The first-order valence-electron chi connectivity index (χ1n) is 9.35. The summed E-state index contributed by atoms with van der Waals surface area (Å²) in [5.41, 5.74) is 2.15. The summed E-state index contributed by atoms with van der Waals surface area (Å²) in [7, 11) is 1.62. The van der Waals surface area contributed by atoms with E-state index < -0.39 is 10.9 Å². The number of amides is 1. The van der Waals surface area contributed by atoms with Crippen molar-refractivity contribution >= 4 is 46.3 Å². The zero-order chi connectivity index (χ0) is 22.8. The van der Waals surface area contributed by atoms with Gasteiger partial charge in [0.1, 0.15) is 0 Å². The molecule has 9 nitrogen and oxygen atoms in total. The minimum atomic E-state index is -1.02. The molecule has 0 radical (unpaired) electrons. The number of hydrogen-bond donors (Lipinski definition) is 1. The maximum absolute atomic E-state index is 12.7. The molecule has 1 saturated heterocycles. The second-order valence-electron chi connectivity index (χ2n) is 6.80. The van der Waals surface area contributed by atoms with Crippen LogP contribution in [0.2, 0.25) is 0 Å². The average molecular weight is 448 g/mol. The monoisotopic (exact) mass is 448 g/mol. The van der Waals surface area contributed by atoms with Gasteiger partial charge in [0.05, 0.1) is 21.1 Å². The van der Waals surface area contributed by atoms with E-state index in [1.165, 1.54) is 40.9 Å². The third kappa shape index (κ3) is 4.16. The molecule has 0 bridgehead atoms. The fourth-order valence-corrected chi connectivity index (χ4v) is 4.03. The van der Waals surface area contributed by atoms with Crippen molar-refractivity contribution in [3.63, 3.8) is 0 Å². The number of aromatic nitrogens is 1. The first kappa shape index (κ1) is 21.1. The van der Waals surface area contributed by atoms with Gasteiger partial charge in [0.25, 0.3) is 11.6 Å². The highest BCUT2D eigenvalue weighted by molar-refractivity contribution is 8.18. The Bertz CT molecular complexity index is 1280. The molecule has 1 amide bonds. The van der Waals surface area contributed by atoms with Gasteiger partial charge in [0.15, 0.2) is 5.17 Å². The predicted octanol–water partition coefficient (Wildman–Crippen LogP) is 4.32. The third-order valence-corrected chi connectivity index (χ3v) is 5.80. The third-order valence-electron chi connectivity index (χ3n) is 4.74. The minimum absolute atomic E-state index is 0.00111. The van der Waals surface area contributed by atoms with Crippen molar-refractivity contribution in [2.75, 3.05) is 7.05 Å². The van der Waals surface area contributed by atoms with Gasteiger partial charge in [-0.05, 0) is 66.4 Å². The molecule has 1 N–H and O–H groups in total. The molecule has 1 fully saturated rings. The van der Waals surface area contributed by atoms with Crippen LogP contribution in [-0.4, -0.2) is 43.6 Å². The maximum atomic E-state index is 12.7. The van der Waals surface area contributed by atoms with E-state index in [0.717, 1.165) is 11.4 Å². The van der Waals surface area contributed by atoms with Crippen molar-refractivity contribution in [3.05, 3.63) is 93.1 Å². The lowest BCUT2D eigenvalue weighted by Gasteiger charge is -2.07. The number of carboxylic acid groups (broad SMARTS) is 1. The molecule has 160 valence electrons. The Morgan fingerprint density at radius 2 is 1.81 bits per heavy atom. The molecule has 1 aromatic heterocycles. The van der Waals surface area contributed by atoms with Crippen LogP contribution in [0.3, 0.4) is 0 Å². The van der Waals surface area contributed by atoms with Crippen LogP contribution < -0.4 is 0 Å². The highest BCUT2D eigenvalue weighted by Crippen LogP contribution is 2.33. The molecule has 10 heteroatoms. The van der Waals surface area contributed by atoms with Gasteiger partial charge in [0, 0.05) is 36.8 Å². The molecular formula is C22H16N4O5S. The molecule has 2 heterocycles. The lowest BCUT2D eigenvalue weighted by atomic mass is 10.2.